The van der Waals surface area contributed by atoms with Crippen molar-refractivity contribution in [3.05, 3.63) is 47.7 Å². The molecule has 0 bridgehead atoms. The second kappa shape index (κ2) is 5.03. The largest absolute Gasteiger partial charge is 0.461 e. The summed E-state index contributed by atoms with van der Waals surface area (Å²) in [5, 5.41) is 13.4. The highest BCUT2D eigenvalue weighted by Gasteiger charge is 2.20. The number of ether oxygens (including phenoxy) is 1. The Morgan fingerprint density at radius 1 is 1.21 bits per heavy atom. The predicted molar refractivity (Wildman–Crippen MR) is 93.8 cm³/mol. The van der Waals surface area contributed by atoms with Crippen LogP contribution >= 0.6 is 0 Å². The highest BCUT2D eigenvalue weighted by molar-refractivity contribution is 6.15. The first-order chi connectivity index (χ1) is 11.5. The molecule has 0 amide bonds. The van der Waals surface area contributed by atoms with Crippen molar-refractivity contribution in [1.82, 2.24) is 9.30 Å². The quantitative estimate of drug-likeness (QED) is 0.448. The maximum absolute atomic E-state index is 12.2. The molecule has 5 nitrogen and oxygen atoms in total. The third-order valence-electron chi connectivity index (χ3n) is 4.66. The first-order valence-corrected chi connectivity index (χ1v) is 7.93. The molecule has 0 atom stereocenters. The molecule has 4 aromatic rings. The van der Waals surface area contributed by atoms with Gasteiger partial charge in [0.1, 0.15) is 5.69 Å². The van der Waals surface area contributed by atoms with E-state index in [9.17, 15) is 10.0 Å². The molecule has 0 saturated heterocycles. The lowest BCUT2D eigenvalue weighted by molar-refractivity contribution is 0.0516. The summed E-state index contributed by atoms with van der Waals surface area (Å²) in [6.45, 7) is 4.15. The van der Waals surface area contributed by atoms with Crippen LogP contribution < -0.4 is 0 Å². The number of nitrogens with zero attached hydrogens (tertiary/aromatic N) is 2. The third-order valence-corrected chi connectivity index (χ3v) is 4.66. The fraction of sp³-hybridized carbons (Fsp3) is 0.211. The second-order valence-electron chi connectivity index (χ2n) is 5.97. The molecule has 5 heteroatoms. The van der Waals surface area contributed by atoms with Gasteiger partial charge in [-0.05, 0) is 37.6 Å². The van der Waals surface area contributed by atoms with E-state index >= 15 is 0 Å². The van der Waals surface area contributed by atoms with Crippen LogP contribution in [0.5, 0.6) is 0 Å². The molecule has 122 valence electrons. The molecule has 0 aliphatic carbocycles. The van der Waals surface area contributed by atoms with Gasteiger partial charge in [-0.15, -0.1) is 0 Å². The summed E-state index contributed by atoms with van der Waals surface area (Å²) < 4.78 is 8.22. The molecule has 0 aliphatic rings. The number of hydrogen-bond acceptors (Lipinski definition) is 3. The Morgan fingerprint density at radius 3 is 2.71 bits per heavy atom. The molecule has 0 saturated carbocycles. The van der Waals surface area contributed by atoms with Crippen molar-refractivity contribution in [2.75, 3.05) is 6.61 Å². The zero-order valence-corrected chi connectivity index (χ0v) is 13.8. The monoisotopic (exact) mass is 322 g/mol. The van der Waals surface area contributed by atoms with Crippen molar-refractivity contribution in [3.63, 3.8) is 0 Å². The molecular weight excluding hydrogens is 304 g/mol. The average Bonchev–Trinajstić information content (AvgIpc) is 3.05. The van der Waals surface area contributed by atoms with Crippen LogP contribution in [0.3, 0.4) is 0 Å². The van der Waals surface area contributed by atoms with Crippen molar-refractivity contribution < 1.29 is 14.7 Å². The summed E-state index contributed by atoms with van der Waals surface area (Å²) in [6.07, 6.45) is 0. The van der Waals surface area contributed by atoms with Gasteiger partial charge in [0.15, 0.2) is 0 Å². The molecule has 0 aliphatic heterocycles. The average molecular weight is 322 g/mol. The number of rotatable bonds is 2. The molecule has 0 radical (unpaired) electrons. The fourth-order valence-corrected chi connectivity index (χ4v) is 3.64. The minimum absolute atomic E-state index is 0.336. The lowest BCUT2D eigenvalue weighted by Gasteiger charge is -2.07. The normalized spacial score (nSPS) is 11.6. The molecule has 2 aromatic heterocycles. The van der Waals surface area contributed by atoms with Gasteiger partial charge in [0, 0.05) is 23.2 Å². The van der Waals surface area contributed by atoms with Crippen LogP contribution in [0.1, 0.15) is 23.0 Å². The summed E-state index contributed by atoms with van der Waals surface area (Å²) in [4.78, 5) is 12.2. The minimum atomic E-state index is -0.336. The van der Waals surface area contributed by atoms with Crippen LogP contribution in [-0.4, -0.2) is 27.1 Å². The smallest absolute Gasteiger partial charge is 0.354 e. The van der Waals surface area contributed by atoms with E-state index in [1.165, 1.54) is 4.73 Å². The van der Waals surface area contributed by atoms with E-state index in [1.54, 1.807) is 6.92 Å². The van der Waals surface area contributed by atoms with Gasteiger partial charge in [-0.25, -0.2) is 4.79 Å². The van der Waals surface area contributed by atoms with E-state index < -0.39 is 0 Å². The van der Waals surface area contributed by atoms with E-state index in [0.29, 0.717) is 12.3 Å². The Hall–Kier alpha value is -2.95. The summed E-state index contributed by atoms with van der Waals surface area (Å²) in [5.74, 6) is -0.336. The molecule has 4 rings (SSSR count). The van der Waals surface area contributed by atoms with Crippen molar-refractivity contribution >= 4 is 38.7 Å². The summed E-state index contributed by atoms with van der Waals surface area (Å²) >= 11 is 0. The van der Waals surface area contributed by atoms with Crippen LogP contribution in [0.25, 0.3) is 32.7 Å². The van der Waals surface area contributed by atoms with E-state index in [1.807, 2.05) is 54.9 Å². The number of benzene rings is 2. The van der Waals surface area contributed by atoms with Gasteiger partial charge in [0.25, 0.3) is 0 Å². The van der Waals surface area contributed by atoms with Crippen LogP contribution in [0.4, 0.5) is 0 Å². The minimum Gasteiger partial charge on any atom is -0.461 e. The number of carbonyl (C=O) groups is 1. The van der Waals surface area contributed by atoms with Gasteiger partial charge >= 0.3 is 5.97 Å². The van der Waals surface area contributed by atoms with Crippen LogP contribution in [0.15, 0.2) is 36.4 Å². The number of para-hydroxylation sites is 1. The zero-order chi connectivity index (χ0) is 17.0. The number of aryl methyl sites for hydroxylation is 2. The Morgan fingerprint density at radius 2 is 1.96 bits per heavy atom. The van der Waals surface area contributed by atoms with Crippen LogP contribution in [0, 0.1) is 6.92 Å². The zero-order valence-electron chi connectivity index (χ0n) is 13.8. The van der Waals surface area contributed by atoms with E-state index in [0.717, 1.165) is 38.3 Å². The first-order valence-electron chi connectivity index (χ1n) is 7.93. The maximum Gasteiger partial charge on any atom is 0.354 e. The summed E-state index contributed by atoms with van der Waals surface area (Å²) in [6, 6.07) is 11.5. The molecule has 0 spiro atoms. The second-order valence-corrected chi connectivity index (χ2v) is 5.97. The van der Waals surface area contributed by atoms with Gasteiger partial charge in [0.05, 0.1) is 23.2 Å². The Bertz CT molecular complexity index is 1120. The lowest BCUT2D eigenvalue weighted by Crippen LogP contribution is -2.09. The van der Waals surface area contributed by atoms with Crippen molar-refractivity contribution in [2.24, 2.45) is 7.05 Å². The van der Waals surface area contributed by atoms with Gasteiger partial charge in [-0.2, -0.15) is 4.73 Å². The van der Waals surface area contributed by atoms with Gasteiger partial charge in [-0.3, -0.25) is 0 Å². The summed E-state index contributed by atoms with van der Waals surface area (Å²) in [5.41, 5.74) is 4.03. The van der Waals surface area contributed by atoms with Gasteiger partial charge in [0.2, 0.25) is 0 Å². The number of aromatic nitrogens is 2. The van der Waals surface area contributed by atoms with Crippen LogP contribution in [0.2, 0.25) is 0 Å². The SMILES string of the molecule is CCOC(=O)c1cc2cc3c(c(C)c2n1C)c1ccccc1n3O. The number of esters is 1. The molecule has 0 fully saturated rings. The highest BCUT2D eigenvalue weighted by atomic mass is 16.5. The summed E-state index contributed by atoms with van der Waals surface area (Å²) in [7, 11) is 1.87. The Labute approximate surface area is 138 Å². The third kappa shape index (κ3) is 1.78. The molecule has 0 unspecified atom stereocenters. The molecular formula is C19H18N2O3. The number of fused-ring (bicyclic) bond motifs is 4. The maximum atomic E-state index is 12.2. The van der Waals surface area contributed by atoms with E-state index in [2.05, 4.69) is 0 Å². The van der Waals surface area contributed by atoms with Crippen molar-refractivity contribution in [1.29, 1.82) is 0 Å². The van der Waals surface area contributed by atoms with Crippen LogP contribution in [-0.2, 0) is 11.8 Å². The fourth-order valence-electron chi connectivity index (χ4n) is 3.64. The standard InChI is InChI=1S/C19H18N2O3/c1-4-24-19(22)16-10-12-9-15-17(11(2)18(12)20(16)3)13-7-5-6-8-14(13)21(15)23/h5-10,23H,4H2,1-3H3. The van der Waals surface area contributed by atoms with Crippen molar-refractivity contribution in [2.45, 2.75) is 13.8 Å². The highest BCUT2D eigenvalue weighted by Crippen LogP contribution is 2.36. The lowest BCUT2D eigenvalue weighted by atomic mass is 10.0. The van der Waals surface area contributed by atoms with Gasteiger partial charge in [-0.1, -0.05) is 18.2 Å². The predicted octanol–water partition coefficient (Wildman–Crippen LogP) is 4.01. The van der Waals surface area contributed by atoms with Gasteiger partial charge < -0.3 is 14.5 Å². The molecule has 2 heterocycles. The molecule has 2 aromatic carbocycles. The molecule has 24 heavy (non-hydrogen) atoms. The number of hydrogen-bond donors (Lipinski definition) is 1. The Balaban J connectivity index is 2.14. The number of carbonyl (C=O) groups excluding carboxylic acids is 1. The van der Waals surface area contributed by atoms with Crippen molar-refractivity contribution in [3.8, 4) is 0 Å². The molecule has 1 N–H and O–H groups in total. The topological polar surface area (TPSA) is 56.4 Å². The Kier molecular flexibility index (Phi) is 3.06. The van der Waals surface area contributed by atoms with E-state index in [4.69, 9.17) is 4.74 Å². The van der Waals surface area contributed by atoms with E-state index in [-0.39, 0.29) is 5.97 Å². The first kappa shape index (κ1) is 14.6.